The number of halogens is 2. The average molecular weight is 299 g/mol. The van der Waals surface area contributed by atoms with Gasteiger partial charge in [-0.05, 0) is 24.1 Å². The Bertz CT molecular complexity index is 554. The molecule has 3 nitrogen and oxygen atoms in total. The van der Waals surface area contributed by atoms with Crippen molar-refractivity contribution in [3.63, 3.8) is 0 Å². The zero-order chi connectivity index (χ0) is 13.8. The molecule has 0 spiro atoms. The summed E-state index contributed by atoms with van der Waals surface area (Å²) in [6.07, 6.45) is 4.35. The molecule has 1 atom stereocenters. The van der Waals surface area contributed by atoms with Gasteiger partial charge >= 0.3 is 0 Å². The van der Waals surface area contributed by atoms with Crippen molar-refractivity contribution in [2.24, 2.45) is 0 Å². The second-order valence-electron chi connectivity index (χ2n) is 4.43. The Kier molecular flexibility index (Phi) is 4.86. The quantitative estimate of drug-likeness (QED) is 0.910. The molecule has 1 aromatic heterocycles. The van der Waals surface area contributed by atoms with E-state index >= 15 is 0 Å². The van der Waals surface area contributed by atoms with E-state index in [1.807, 2.05) is 16.8 Å². The Labute approximate surface area is 122 Å². The number of aliphatic hydroxyl groups is 1. The zero-order valence-corrected chi connectivity index (χ0v) is 12.2. The van der Waals surface area contributed by atoms with Crippen LogP contribution in [0.25, 0.3) is 0 Å². The number of aryl methyl sites for hydroxylation is 1. The summed E-state index contributed by atoms with van der Waals surface area (Å²) in [7, 11) is 0. The molecule has 5 heteroatoms. The van der Waals surface area contributed by atoms with E-state index in [0.29, 0.717) is 22.3 Å². The molecule has 19 heavy (non-hydrogen) atoms. The third-order valence-electron chi connectivity index (χ3n) is 2.94. The smallest absolute Gasteiger partial charge is 0.137 e. The second kappa shape index (κ2) is 6.42. The second-order valence-corrected chi connectivity index (χ2v) is 5.28. The van der Waals surface area contributed by atoms with Crippen molar-refractivity contribution in [1.82, 2.24) is 9.55 Å². The number of aliphatic hydroxyl groups excluding tert-OH is 1. The van der Waals surface area contributed by atoms with Gasteiger partial charge in [-0.15, -0.1) is 0 Å². The van der Waals surface area contributed by atoms with Gasteiger partial charge in [0.25, 0.3) is 0 Å². The molecule has 0 bridgehead atoms. The number of aromatic nitrogens is 2. The maximum Gasteiger partial charge on any atom is 0.137 e. The lowest BCUT2D eigenvalue weighted by molar-refractivity contribution is 0.163. The van der Waals surface area contributed by atoms with E-state index in [1.165, 1.54) is 0 Å². The predicted molar refractivity (Wildman–Crippen MR) is 77.6 cm³/mol. The van der Waals surface area contributed by atoms with Gasteiger partial charge in [0.15, 0.2) is 0 Å². The van der Waals surface area contributed by atoms with Crippen LogP contribution in [0.5, 0.6) is 0 Å². The molecule has 0 saturated heterocycles. The van der Waals surface area contributed by atoms with Gasteiger partial charge in [0.2, 0.25) is 0 Å². The fourth-order valence-electron chi connectivity index (χ4n) is 2.03. The fourth-order valence-corrected chi connectivity index (χ4v) is 2.52. The van der Waals surface area contributed by atoms with Crippen molar-refractivity contribution in [2.75, 3.05) is 0 Å². The highest BCUT2D eigenvalue weighted by Gasteiger charge is 2.15. The van der Waals surface area contributed by atoms with E-state index in [0.717, 1.165) is 18.5 Å². The van der Waals surface area contributed by atoms with Crippen molar-refractivity contribution >= 4 is 23.2 Å². The number of rotatable bonds is 5. The minimum Gasteiger partial charge on any atom is -0.385 e. The standard InChI is InChI=1S/C14H16Cl2N2O/c1-2-6-18-7-5-17-14(18)13(19)8-10-3-4-11(15)9-12(10)16/h3-5,7,9,13,19H,2,6,8H2,1H3. The van der Waals surface area contributed by atoms with Gasteiger partial charge in [0.05, 0.1) is 0 Å². The number of imidazole rings is 1. The number of nitrogens with zero attached hydrogens (tertiary/aromatic N) is 2. The maximum absolute atomic E-state index is 10.3. The molecule has 0 amide bonds. The van der Waals surface area contributed by atoms with E-state index in [4.69, 9.17) is 23.2 Å². The highest BCUT2D eigenvalue weighted by molar-refractivity contribution is 6.35. The van der Waals surface area contributed by atoms with Gasteiger partial charge in [-0.25, -0.2) is 4.98 Å². The van der Waals surface area contributed by atoms with E-state index in [9.17, 15) is 5.11 Å². The lowest BCUT2D eigenvalue weighted by Crippen LogP contribution is -2.11. The summed E-state index contributed by atoms with van der Waals surface area (Å²) >= 11 is 12.0. The van der Waals surface area contributed by atoms with Crippen molar-refractivity contribution < 1.29 is 5.11 Å². The van der Waals surface area contributed by atoms with Crippen molar-refractivity contribution in [2.45, 2.75) is 32.4 Å². The molecule has 1 unspecified atom stereocenters. The lowest BCUT2D eigenvalue weighted by Gasteiger charge is -2.13. The molecule has 102 valence electrons. The third-order valence-corrected chi connectivity index (χ3v) is 3.53. The molecule has 0 aliphatic carbocycles. The van der Waals surface area contributed by atoms with Crippen LogP contribution < -0.4 is 0 Å². The van der Waals surface area contributed by atoms with E-state index in [2.05, 4.69) is 11.9 Å². The lowest BCUT2D eigenvalue weighted by atomic mass is 10.1. The van der Waals surface area contributed by atoms with Crippen LogP contribution in [0, 0.1) is 0 Å². The summed E-state index contributed by atoms with van der Waals surface area (Å²) in [6, 6.07) is 5.29. The zero-order valence-electron chi connectivity index (χ0n) is 10.7. The summed E-state index contributed by atoms with van der Waals surface area (Å²) in [5.74, 6) is 0.674. The van der Waals surface area contributed by atoms with Crippen LogP contribution in [-0.2, 0) is 13.0 Å². The summed E-state index contributed by atoms with van der Waals surface area (Å²) in [5.41, 5.74) is 0.865. The highest BCUT2D eigenvalue weighted by Crippen LogP contribution is 2.25. The van der Waals surface area contributed by atoms with Crippen LogP contribution in [0.3, 0.4) is 0 Å². The van der Waals surface area contributed by atoms with E-state index in [-0.39, 0.29) is 0 Å². The summed E-state index contributed by atoms with van der Waals surface area (Å²) in [5, 5.41) is 11.5. The molecule has 2 aromatic rings. The van der Waals surface area contributed by atoms with Crippen molar-refractivity contribution in [3.05, 3.63) is 52.0 Å². The molecule has 0 saturated carbocycles. The maximum atomic E-state index is 10.3. The van der Waals surface area contributed by atoms with Gasteiger partial charge in [-0.3, -0.25) is 0 Å². The number of benzene rings is 1. The fraction of sp³-hybridized carbons (Fsp3) is 0.357. The molecule has 0 aliphatic rings. The first kappa shape index (κ1) is 14.4. The SMILES string of the molecule is CCCn1ccnc1C(O)Cc1ccc(Cl)cc1Cl. The molecular formula is C14H16Cl2N2O. The molecule has 2 rings (SSSR count). The average Bonchev–Trinajstić information content (AvgIpc) is 2.81. The molecule has 0 radical (unpaired) electrons. The molecule has 1 heterocycles. The largest absolute Gasteiger partial charge is 0.385 e. The van der Waals surface area contributed by atoms with Crippen LogP contribution >= 0.6 is 23.2 Å². The number of hydrogen-bond donors (Lipinski definition) is 1. The Balaban J connectivity index is 2.16. The molecule has 0 aliphatic heterocycles. The van der Waals surface area contributed by atoms with E-state index < -0.39 is 6.10 Å². The van der Waals surface area contributed by atoms with Crippen LogP contribution in [0.1, 0.15) is 30.8 Å². The Morgan fingerprint density at radius 1 is 1.37 bits per heavy atom. The molecule has 0 fully saturated rings. The minimum atomic E-state index is -0.666. The first-order valence-electron chi connectivity index (χ1n) is 6.24. The third kappa shape index (κ3) is 3.50. The highest BCUT2D eigenvalue weighted by atomic mass is 35.5. The summed E-state index contributed by atoms with van der Waals surface area (Å²) < 4.78 is 1.97. The molecule has 1 aromatic carbocycles. The van der Waals surface area contributed by atoms with Crippen LogP contribution in [0.2, 0.25) is 10.0 Å². The number of hydrogen-bond acceptors (Lipinski definition) is 2. The predicted octanol–water partition coefficient (Wildman–Crippen LogP) is 3.88. The van der Waals surface area contributed by atoms with Crippen LogP contribution in [-0.4, -0.2) is 14.7 Å². The Morgan fingerprint density at radius 3 is 2.84 bits per heavy atom. The first-order chi connectivity index (χ1) is 9.11. The van der Waals surface area contributed by atoms with Gasteiger partial charge in [0.1, 0.15) is 11.9 Å². The summed E-state index contributed by atoms with van der Waals surface area (Å²) in [6.45, 7) is 2.94. The van der Waals surface area contributed by atoms with Crippen molar-refractivity contribution in [1.29, 1.82) is 0 Å². The van der Waals surface area contributed by atoms with Gasteiger partial charge < -0.3 is 9.67 Å². The monoisotopic (exact) mass is 298 g/mol. The van der Waals surface area contributed by atoms with Gasteiger partial charge in [0, 0.05) is 35.4 Å². The van der Waals surface area contributed by atoms with Crippen molar-refractivity contribution in [3.8, 4) is 0 Å². The molecule has 1 N–H and O–H groups in total. The first-order valence-corrected chi connectivity index (χ1v) is 7.00. The summed E-state index contributed by atoms with van der Waals surface area (Å²) in [4.78, 5) is 4.22. The Morgan fingerprint density at radius 2 is 2.16 bits per heavy atom. The Hall–Kier alpha value is -1.03. The van der Waals surface area contributed by atoms with Crippen LogP contribution in [0.15, 0.2) is 30.6 Å². The minimum absolute atomic E-state index is 0.427. The van der Waals surface area contributed by atoms with Gasteiger partial charge in [-0.2, -0.15) is 0 Å². The topological polar surface area (TPSA) is 38.0 Å². The normalized spacial score (nSPS) is 12.6. The van der Waals surface area contributed by atoms with E-state index in [1.54, 1.807) is 18.3 Å². The van der Waals surface area contributed by atoms with Crippen LogP contribution in [0.4, 0.5) is 0 Å². The molecular weight excluding hydrogens is 283 g/mol. The van der Waals surface area contributed by atoms with Gasteiger partial charge in [-0.1, -0.05) is 36.2 Å².